The van der Waals surface area contributed by atoms with Gasteiger partial charge in [-0.1, -0.05) is 13.8 Å². The van der Waals surface area contributed by atoms with Crippen LogP contribution in [-0.4, -0.2) is 12.5 Å². The number of halogens is 3. The Morgan fingerprint density at radius 3 is 1.82 bits per heavy atom. The lowest BCUT2D eigenvalue weighted by Gasteiger charge is -2.18. The van der Waals surface area contributed by atoms with Crippen molar-refractivity contribution in [3.05, 3.63) is 24.3 Å². The zero-order valence-electron chi connectivity index (χ0n) is 9.91. The third-order valence-electron chi connectivity index (χ3n) is 2.32. The number of benzene rings is 1. The number of alkyl halides is 3. The van der Waals surface area contributed by atoms with Gasteiger partial charge in [-0.15, -0.1) is 13.2 Å². The van der Waals surface area contributed by atoms with E-state index < -0.39 is 6.36 Å². The second-order valence-corrected chi connectivity index (χ2v) is 4.09. The summed E-state index contributed by atoms with van der Waals surface area (Å²) in [6.07, 6.45) is -4.66. The fraction of sp³-hybridized carbons (Fsp3) is 0.500. The van der Waals surface area contributed by atoms with Crippen molar-refractivity contribution in [2.24, 2.45) is 5.92 Å². The Balaban J connectivity index is 2.62. The lowest BCUT2D eigenvalue weighted by Crippen LogP contribution is -2.19. The van der Waals surface area contributed by atoms with Gasteiger partial charge in [0.15, 0.2) is 0 Å². The largest absolute Gasteiger partial charge is 0.573 e. The van der Waals surface area contributed by atoms with Crippen molar-refractivity contribution in [2.45, 2.75) is 33.2 Å². The molecule has 0 spiro atoms. The van der Waals surface area contributed by atoms with E-state index in [0.29, 0.717) is 11.7 Å². The molecule has 0 amide bonds. The molecule has 0 bridgehead atoms. The summed E-state index contributed by atoms with van der Waals surface area (Å²) in [6, 6.07) is 5.38. The molecule has 1 aromatic rings. The average molecular weight is 248 g/mol. The standard InChI is InChI=1S/C12H15F3O2/c1-8(2)9(3)16-10-4-6-11(7-5-10)17-12(13,14)15/h4-9H,1-3H3/t9-/m1/s1. The Hall–Kier alpha value is -1.39. The zero-order valence-corrected chi connectivity index (χ0v) is 9.91. The molecule has 0 aliphatic carbocycles. The number of ether oxygens (including phenoxy) is 2. The van der Waals surface area contributed by atoms with Crippen molar-refractivity contribution in [1.82, 2.24) is 0 Å². The van der Waals surface area contributed by atoms with Crippen molar-refractivity contribution in [1.29, 1.82) is 0 Å². The minimum atomic E-state index is -4.66. The van der Waals surface area contributed by atoms with Crippen LogP contribution in [0.5, 0.6) is 11.5 Å². The second-order valence-electron chi connectivity index (χ2n) is 4.09. The van der Waals surface area contributed by atoms with E-state index in [0.717, 1.165) is 0 Å². The highest BCUT2D eigenvalue weighted by Gasteiger charge is 2.30. The minimum Gasteiger partial charge on any atom is -0.490 e. The quantitative estimate of drug-likeness (QED) is 0.801. The molecule has 96 valence electrons. The van der Waals surface area contributed by atoms with Crippen molar-refractivity contribution in [3.63, 3.8) is 0 Å². The summed E-state index contributed by atoms with van der Waals surface area (Å²) in [5.41, 5.74) is 0. The summed E-state index contributed by atoms with van der Waals surface area (Å²) in [6.45, 7) is 5.92. The van der Waals surface area contributed by atoms with Gasteiger partial charge in [0.2, 0.25) is 0 Å². The Bertz CT molecular complexity index is 344. The SMILES string of the molecule is CC(C)[C@@H](C)Oc1ccc(OC(F)(F)F)cc1. The Labute approximate surface area is 98.3 Å². The first-order valence-electron chi connectivity index (χ1n) is 5.30. The lowest BCUT2D eigenvalue weighted by atomic mass is 10.1. The van der Waals surface area contributed by atoms with Crippen LogP contribution >= 0.6 is 0 Å². The first-order chi connectivity index (χ1) is 7.78. The maximum atomic E-state index is 11.9. The summed E-state index contributed by atoms with van der Waals surface area (Å²) in [5, 5.41) is 0. The van der Waals surface area contributed by atoms with Gasteiger partial charge in [-0.3, -0.25) is 0 Å². The summed E-state index contributed by atoms with van der Waals surface area (Å²) in [5.74, 6) is 0.615. The fourth-order valence-electron chi connectivity index (χ4n) is 1.07. The van der Waals surface area contributed by atoms with Crippen LogP contribution < -0.4 is 9.47 Å². The molecular weight excluding hydrogens is 233 g/mol. The monoisotopic (exact) mass is 248 g/mol. The third-order valence-corrected chi connectivity index (χ3v) is 2.32. The molecule has 0 unspecified atom stereocenters. The van der Waals surface area contributed by atoms with E-state index in [9.17, 15) is 13.2 Å². The average Bonchev–Trinajstić information content (AvgIpc) is 2.18. The molecule has 1 rings (SSSR count). The van der Waals surface area contributed by atoms with Crippen LogP contribution in [0.4, 0.5) is 13.2 Å². The molecule has 0 heterocycles. The predicted octanol–water partition coefficient (Wildman–Crippen LogP) is 4.01. The summed E-state index contributed by atoms with van der Waals surface area (Å²) >= 11 is 0. The fourth-order valence-corrected chi connectivity index (χ4v) is 1.07. The highest BCUT2D eigenvalue weighted by atomic mass is 19.4. The van der Waals surface area contributed by atoms with Crippen LogP contribution in [0, 0.1) is 5.92 Å². The van der Waals surface area contributed by atoms with Crippen LogP contribution in [0.25, 0.3) is 0 Å². The Kier molecular flexibility index (Phi) is 4.26. The van der Waals surface area contributed by atoms with Gasteiger partial charge in [-0.25, -0.2) is 0 Å². The number of rotatable bonds is 4. The molecule has 5 heteroatoms. The van der Waals surface area contributed by atoms with E-state index in [1.165, 1.54) is 24.3 Å². The molecule has 0 N–H and O–H groups in total. The molecule has 0 radical (unpaired) electrons. The first-order valence-corrected chi connectivity index (χ1v) is 5.30. The van der Waals surface area contributed by atoms with Crippen molar-refractivity contribution < 1.29 is 22.6 Å². The normalized spacial score (nSPS) is 13.6. The minimum absolute atomic E-state index is 0.00406. The second kappa shape index (κ2) is 5.29. The van der Waals surface area contributed by atoms with E-state index in [-0.39, 0.29) is 11.9 Å². The third kappa shape index (κ3) is 4.97. The van der Waals surface area contributed by atoms with E-state index in [4.69, 9.17) is 4.74 Å². The van der Waals surface area contributed by atoms with E-state index in [1.54, 1.807) is 0 Å². The maximum absolute atomic E-state index is 11.9. The van der Waals surface area contributed by atoms with E-state index in [1.807, 2.05) is 20.8 Å². The van der Waals surface area contributed by atoms with Crippen LogP contribution in [0.15, 0.2) is 24.3 Å². The van der Waals surface area contributed by atoms with Crippen LogP contribution in [0.3, 0.4) is 0 Å². The van der Waals surface area contributed by atoms with Crippen molar-refractivity contribution in [2.75, 3.05) is 0 Å². The summed E-state index contributed by atoms with van der Waals surface area (Å²) in [4.78, 5) is 0. The summed E-state index contributed by atoms with van der Waals surface area (Å²) < 4.78 is 45.0. The van der Waals surface area contributed by atoms with Gasteiger partial charge in [0, 0.05) is 0 Å². The van der Waals surface area contributed by atoms with Gasteiger partial charge in [-0.05, 0) is 37.1 Å². The van der Waals surface area contributed by atoms with Crippen LogP contribution in [0.2, 0.25) is 0 Å². The molecular formula is C12H15F3O2. The molecule has 0 aliphatic heterocycles. The maximum Gasteiger partial charge on any atom is 0.573 e. The topological polar surface area (TPSA) is 18.5 Å². The van der Waals surface area contributed by atoms with Crippen LogP contribution in [0.1, 0.15) is 20.8 Å². The van der Waals surface area contributed by atoms with E-state index in [2.05, 4.69) is 4.74 Å². The highest BCUT2D eigenvalue weighted by Crippen LogP contribution is 2.25. The number of hydrogen-bond donors (Lipinski definition) is 0. The van der Waals surface area contributed by atoms with Gasteiger partial charge in [0.1, 0.15) is 11.5 Å². The molecule has 0 fully saturated rings. The molecule has 0 aliphatic rings. The van der Waals surface area contributed by atoms with Gasteiger partial charge in [0.05, 0.1) is 6.10 Å². The number of hydrogen-bond acceptors (Lipinski definition) is 2. The Morgan fingerprint density at radius 1 is 0.941 bits per heavy atom. The van der Waals surface area contributed by atoms with Crippen LogP contribution in [-0.2, 0) is 0 Å². The zero-order chi connectivity index (χ0) is 13.1. The van der Waals surface area contributed by atoms with Gasteiger partial charge in [-0.2, -0.15) is 0 Å². The highest BCUT2D eigenvalue weighted by molar-refractivity contribution is 5.31. The van der Waals surface area contributed by atoms with Crippen molar-refractivity contribution >= 4 is 0 Å². The smallest absolute Gasteiger partial charge is 0.490 e. The van der Waals surface area contributed by atoms with Gasteiger partial charge >= 0.3 is 6.36 Å². The molecule has 0 saturated heterocycles. The van der Waals surface area contributed by atoms with Crippen molar-refractivity contribution in [3.8, 4) is 11.5 Å². The molecule has 1 aromatic carbocycles. The first kappa shape index (κ1) is 13.7. The van der Waals surface area contributed by atoms with Gasteiger partial charge < -0.3 is 9.47 Å². The van der Waals surface area contributed by atoms with E-state index >= 15 is 0 Å². The Morgan fingerprint density at radius 2 is 1.41 bits per heavy atom. The molecule has 0 aromatic heterocycles. The van der Waals surface area contributed by atoms with Gasteiger partial charge in [0.25, 0.3) is 0 Å². The predicted molar refractivity (Wildman–Crippen MR) is 58.1 cm³/mol. The summed E-state index contributed by atoms with van der Waals surface area (Å²) in [7, 11) is 0. The molecule has 17 heavy (non-hydrogen) atoms. The molecule has 2 nitrogen and oxygen atoms in total. The molecule has 0 saturated carbocycles. The lowest BCUT2D eigenvalue weighted by molar-refractivity contribution is -0.274. The molecule has 1 atom stereocenters.